The number of hydrogen-bond donors (Lipinski definition) is 1. The van der Waals surface area contributed by atoms with Crippen molar-refractivity contribution >= 4 is 38.7 Å². The Balaban J connectivity index is 2.77. The summed E-state index contributed by atoms with van der Waals surface area (Å²) in [5.41, 5.74) is 7.91. The van der Waals surface area contributed by atoms with Gasteiger partial charge in [0.15, 0.2) is 0 Å². The van der Waals surface area contributed by atoms with E-state index in [0.29, 0.717) is 0 Å². The van der Waals surface area contributed by atoms with Gasteiger partial charge in [-0.3, -0.25) is 0 Å². The van der Waals surface area contributed by atoms with Crippen LogP contribution in [0.1, 0.15) is 12.5 Å². The Hall–Kier alpha value is -0.730. The van der Waals surface area contributed by atoms with Crippen LogP contribution in [0.15, 0.2) is 17.5 Å². The normalized spacial score (nSPS) is 10.9. The second-order valence-corrected chi connectivity index (χ2v) is 4.30. The summed E-state index contributed by atoms with van der Waals surface area (Å²) < 4.78 is 1.17. The third kappa shape index (κ3) is 1.40. The molecule has 1 aromatic heterocycles. The molecule has 0 saturated heterocycles. The molecule has 0 radical (unpaired) electrons. The lowest BCUT2D eigenvalue weighted by Gasteiger charge is -2.02. The van der Waals surface area contributed by atoms with Crippen LogP contribution in [0, 0.1) is 0 Å². The molecule has 0 aliphatic carbocycles. The third-order valence-electron chi connectivity index (χ3n) is 2.17. The summed E-state index contributed by atoms with van der Waals surface area (Å²) in [7, 11) is 0. The van der Waals surface area contributed by atoms with E-state index >= 15 is 0 Å². The maximum atomic E-state index is 6.02. The number of thiophene rings is 1. The molecule has 2 N–H and O–H groups in total. The molecule has 2 rings (SSSR count). The fourth-order valence-corrected chi connectivity index (χ4v) is 2.60. The molecule has 1 nitrogen and oxygen atoms in total. The molecule has 68 valence electrons. The van der Waals surface area contributed by atoms with Crippen molar-refractivity contribution in [1.82, 2.24) is 0 Å². The van der Waals surface area contributed by atoms with E-state index in [0.717, 1.165) is 22.5 Å². The zero-order valence-electron chi connectivity index (χ0n) is 7.30. The molecule has 13 heavy (non-hydrogen) atoms. The number of fused-ring (bicyclic) bond motifs is 1. The first kappa shape index (κ1) is 8.85. The first-order valence-electron chi connectivity index (χ1n) is 4.17. The number of halogens is 1. The maximum Gasteiger partial charge on any atom is 0.0591 e. The molecule has 0 amide bonds. The van der Waals surface area contributed by atoms with E-state index in [-0.39, 0.29) is 0 Å². The number of nitrogens with two attached hydrogens (primary N) is 1. The topological polar surface area (TPSA) is 26.0 Å². The van der Waals surface area contributed by atoms with Gasteiger partial charge < -0.3 is 5.73 Å². The quantitative estimate of drug-likeness (QED) is 0.716. The van der Waals surface area contributed by atoms with Crippen molar-refractivity contribution in [1.29, 1.82) is 0 Å². The summed E-state index contributed by atoms with van der Waals surface area (Å²) in [6.45, 7) is 2.10. The highest BCUT2D eigenvalue weighted by atomic mass is 35.5. The molecule has 3 heteroatoms. The van der Waals surface area contributed by atoms with E-state index in [4.69, 9.17) is 17.3 Å². The van der Waals surface area contributed by atoms with Gasteiger partial charge in [0, 0.05) is 21.2 Å². The van der Waals surface area contributed by atoms with Gasteiger partial charge in [-0.15, -0.1) is 11.3 Å². The van der Waals surface area contributed by atoms with Crippen molar-refractivity contribution < 1.29 is 0 Å². The van der Waals surface area contributed by atoms with Crippen LogP contribution in [0.3, 0.4) is 0 Å². The molecule has 1 aromatic carbocycles. The van der Waals surface area contributed by atoms with Crippen LogP contribution in [-0.2, 0) is 6.42 Å². The van der Waals surface area contributed by atoms with Gasteiger partial charge in [-0.2, -0.15) is 0 Å². The summed E-state index contributed by atoms with van der Waals surface area (Å²) >= 11 is 7.66. The van der Waals surface area contributed by atoms with Crippen molar-refractivity contribution in [2.75, 3.05) is 5.73 Å². The highest BCUT2D eigenvalue weighted by Gasteiger charge is 2.05. The molecule has 0 atom stereocenters. The molecule has 0 spiro atoms. The van der Waals surface area contributed by atoms with Crippen LogP contribution >= 0.6 is 22.9 Å². The van der Waals surface area contributed by atoms with Gasteiger partial charge in [-0.05, 0) is 24.1 Å². The molecule has 2 aromatic rings. The SMILES string of the molecule is CCc1cc2c(Cl)csc2cc1N. The highest BCUT2D eigenvalue weighted by molar-refractivity contribution is 7.17. The lowest BCUT2D eigenvalue weighted by atomic mass is 10.1. The Kier molecular flexibility index (Phi) is 2.18. The van der Waals surface area contributed by atoms with E-state index in [9.17, 15) is 0 Å². The monoisotopic (exact) mass is 211 g/mol. The molecular weight excluding hydrogens is 202 g/mol. The van der Waals surface area contributed by atoms with E-state index < -0.39 is 0 Å². The number of anilines is 1. The molecular formula is C10H10ClNS. The van der Waals surface area contributed by atoms with Gasteiger partial charge in [0.25, 0.3) is 0 Å². The first-order chi connectivity index (χ1) is 6.22. The Labute approximate surface area is 86.1 Å². The first-order valence-corrected chi connectivity index (χ1v) is 5.43. The van der Waals surface area contributed by atoms with E-state index in [1.165, 1.54) is 10.3 Å². The molecule has 1 heterocycles. The summed E-state index contributed by atoms with van der Waals surface area (Å²) in [4.78, 5) is 0. The van der Waals surface area contributed by atoms with Gasteiger partial charge in [-0.25, -0.2) is 0 Å². The molecule has 0 saturated carbocycles. The van der Waals surface area contributed by atoms with Crippen LogP contribution in [0.2, 0.25) is 5.02 Å². The zero-order chi connectivity index (χ0) is 9.42. The van der Waals surface area contributed by atoms with Crippen LogP contribution in [0.5, 0.6) is 0 Å². The number of hydrogen-bond acceptors (Lipinski definition) is 2. The molecule has 0 fully saturated rings. The third-order valence-corrected chi connectivity index (χ3v) is 3.56. The minimum absolute atomic E-state index is 0.828. The standard InChI is InChI=1S/C10H10ClNS/c1-2-6-3-7-8(11)5-13-10(7)4-9(6)12/h3-5H,2,12H2,1H3. The lowest BCUT2D eigenvalue weighted by Crippen LogP contribution is -1.91. The predicted octanol–water partition coefficient (Wildman–Crippen LogP) is 3.70. The fourth-order valence-electron chi connectivity index (χ4n) is 1.41. The minimum atomic E-state index is 0.828. The summed E-state index contributed by atoms with van der Waals surface area (Å²) in [6.07, 6.45) is 0.952. The van der Waals surface area contributed by atoms with Gasteiger partial charge in [0.05, 0.1) is 5.02 Å². The number of aryl methyl sites for hydroxylation is 1. The van der Waals surface area contributed by atoms with Crippen LogP contribution in [0.4, 0.5) is 5.69 Å². The summed E-state index contributed by atoms with van der Waals surface area (Å²) in [5.74, 6) is 0. The number of benzene rings is 1. The van der Waals surface area contributed by atoms with Crippen molar-refractivity contribution in [2.24, 2.45) is 0 Å². The Morgan fingerprint density at radius 3 is 2.92 bits per heavy atom. The molecule has 0 bridgehead atoms. The molecule has 0 aliphatic rings. The second kappa shape index (κ2) is 3.20. The second-order valence-electron chi connectivity index (χ2n) is 2.98. The van der Waals surface area contributed by atoms with Gasteiger partial charge in [-0.1, -0.05) is 18.5 Å². The maximum absolute atomic E-state index is 6.02. The largest absolute Gasteiger partial charge is 0.398 e. The van der Waals surface area contributed by atoms with Crippen LogP contribution in [-0.4, -0.2) is 0 Å². The van der Waals surface area contributed by atoms with Gasteiger partial charge in [0.1, 0.15) is 0 Å². The molecule has 0 aliphatic heterocycles. The lowest BCUT2D eigenvalue weighted by molar-refractivity contribution is 1.15. The van der Waals surface area contributed by atoms with Gasteiger partial charge in [0.2, 0.25) is 0 Å². The van der Waals surface area contributed by atoms with Crippen molar-refractivity contribution in [3.05, 3.63) is 28.1 Å². The van der Waals surface area contributed by atoms with E-state index in [1.54, 1.807) is 11.3 Å². The average Bonchev–Trinajstić information content (AvgIpc) is 2.46. The van der Waals surface area contributed by atoms with Gasteiger partial charge >= 0.3 is 0 Å². The van der Waals surface area contributed by atoms with Crippen LogP contribution < -0.4 is 5.73 Å². The van der Waals surface area contributed by atoms with E-state index in [2.05, 4.69) is 13.0 Å². The number of rotatable bonds is 1. The Morgan fingerprint density at radius 2 is 2.23 bits per heavy atom. The van der Waals surface area contributed by atoms with Crippen molar-refractivity contribution in [2.45, 2.75) is 13.3 Å². The smallest absolute Gasteiger partial charge is 0.0591 e. The Bertz CT molecular complexity index is 447. The van der Waals surface area contributed by atoms with E-state index in [1.807, 2.05) is 11.4 Å². The zero-order valence-corrected chi connectivity index (χ0v) is 8.88. The average molecular weight is 212 g/mol. The van der Waals surface area contributed by atoms with Crippen LogP contribution in [0.25, 0.3) is 10.1 Å². The summed E-state index contributed by atoms with van der Waals surface area (Å²) in [5, 5.41) is 3.90. The summed E-state index contributed by atoms with van der Waals surface area (Å²) in [6, 6.07) is 4.09. The Morgan fingerprint density at radius 1 is 1.46 bits per heavy atom. The fraction of sp³-hybridized carbons (Fsp3) is 0.200. The number of nitrogen functional groups attached to an aromatic ring is 1. The highest BCUT2D eigenvalue weighted by Crippen LogP contribution is 2.33. The van der Waals surface area contributed by atoms with Crippen molar-refractivity contribution in [3.8, 4) is 0 Å². The van der Waals surface area contributed by atoms with Crippen molar-refractivity contribution in [3.63, 3.8) is 0 Å². The predicted molar refractivity (Wildman–Crippen MR) is 60.6 cm³/mol. The minimum Gasteiger partial charge on any atom is -0.398 e. The molecule has 0 unspecified atom stereocenters.